The Kier molecular flexibility index (Phi) is 7.80. The summed E-state index contributed by atoms with van der Waals surface area (Å²) in [6.45, 7) is -0.553. The monoisotopic (exact) mass is 513 g/mol. The van der Waals surface area contributed by atoms with Crippen LogP contribution in [0.2, 0.25) is 0 Å². The molecule has 0 aromatic heterocycles. The second kappa shape index (κ2) is 10.4. The van der Waals surface area contributed by atoms with Crippen LogP contribution in [0.15, 0.2) is 53.4 Å². The van der Waals surface area contributed by atoms with E-state index in [1.54, 1.807) is 12.1 Å². The van der Waals surface area contributed by atoms with Crippen LogP contribution >= 0.6 is 0 Å². The second-order valence-electron chi connectivity index (χ2n) is 7.85. The molecule has 1 aliphatic rings. The summed E-state index contributed by atoms with van der Waals surface area (Å²) in [7, 11) is -3.79. The number of nitrogens with one attached hydrogen (secondary N) is 1. The topological polar surface area (TPSA) is 136 Å². The molecule has 2 aromatic rings. The highest BCUT2D eigenvalue weighted by atomic mass is 32.2. The largest absolute Gasteiger partial charge is 0.455 e. The summed E-state index contributed by atoms with van der Waals surface area (Å²) >= 11 is 0. The number of ether oxygens (including phenoxy) is 1. The molecule has 188 valence electrons. The van der Waals surface area contributed by atoms with Gasteiger partial charge in [0.05, 0.1) is 16.4 Å². The molecule has 1 fully saturated rings. The lowest BCUT2D eigenvalue weighted by Gasteiger charge is -2.18. The minimum Gasteiger partial charge on any atom is -0.455 e. The van der Waals surface area contributed by atoms with Crippen molar-refractivity contribution < 1.29 is 40.7 Å². The van der Waals surface area contributed by atoms with Gasteiger partial charge in [-0.15, -0.1) is 0 Å². The number of esters is 1. The van der Waals surface area contributed by atoms with Crippen LogP contribution in [0.5, 0.6) is 0 Å². The van der Waals surface area contributed by atoms with Crippen molar-refractivity contribution in [2.75, 3.05) is 24.6 Å². The summed E-state index contributed by atoms with van der Waals surface area (Å²) in [5, 5.41) is 7.57. The van der Waals surface area contributed by atoms with E-state index in [-0.39, 0.29) is 30.1 Å². The molecule has 0 aliphatic carbocycles. The van der Waals surface area contributed by atoms with Crippen LogP contribution in [-0.2, 0) is 41.7 Å². The maximum atomic E-state index is 12.9. The average molecular weight is 513 g/mol. The first-order chi connectivity index (χ1) is 16.3. The molecule has 1 heterocycles. The maximum absolute atomic E-state index is 12.9. The molecule has 1 atom stereocenters. The molecule has 2 aromatic carbocycles. The van der Waals surface area contributed by atoms with Crippen LogP contribution in [0.1, 0.15) is 17.5 Å². The van der Waals surface area contributed by atoms with Crippen LogP contribution in [0, 0.1) is 5.92 Å². The highest BCUT2D eigenvalue weighted by molar-refractivity contribution is 7.89. The van der Waals surface area contributed by atoms with Crippen molar-refractivity contribution in [1.29, 1.82) is 0 Å². The molecule has 0 bridgehead atoms. The van der Waals surface area contributed by atoms with E-state index in [2.05, 4.69) is 5.32 Å². The lowest BCUT2D eigenvalue weighted by atomic mass is 10.1. The minimum absolute atomic E-state index is 0.0231. The van der Waals surface area contributed by atoms with Gasteiger partial charge in [-0.25, -0.2) is 13.6 Å². The van der Waals surface area contributed by atoms with Crippen LogP contribution in [-0.4, -0.2) is 45.9 Å². The number of carbonyl (C=O) groups is 3. The fourth-order valence-electron chi connectivity index (χ4n) is 3.46. The van der Waals surface area contributed by atoms with Gasteiger partial charge < -0.3 is 15.0 Å². The zero-order valence-corrected chi connectivity index (χ0v) is 19.1. The summed E-state index contributed by atoms with van der Waals surface area (Å²) in [5.41, 5.74) is -0.144. The number of nitrogens with zero attached hydrogens (tertiary/aromatic N) is 1. The Morgan fingerprint density at radius 2 is 1.83 bits per heavy atom. The summed E-state index contributed by atoms with van der Waals surface area (Å²) in [5.74, 6) is -2.83. The lowest BCUT2D eigenvalue weighted by molar-refractivity contribution is -0.152. The van der Waals surface area contributed by atoms with Crippen molar-refractivity contribution >= 4 is 33.5 Å². The molecule has 9 nitrogen and oxygen atoms in total. The minimum atomic E-state index is -4.57. The third-order valence-corrected chi connectivity index (χ3v) is 6.21. The average Bonchev–Trinajstić information content (AvgIpc) is 3.18. The molecule has 35 heavy (non-hydrogen) atoms. The molecule has 0 spiro atoms. The summed E-state index contributed by atoms with van der Waals surface area (Å²) in [6, 6.07) is 10.0. The van der Waals surface area contributed by atoms with Gasteiger partial charge in [-0.05, 0) is 42.3 Å². The van der Waals surface area contributed by atoms with Crippen molar-refractivity contribution in [1.82, 2.24) is 5.32 Å². The Labute approximate surface area is 199 Å². The van der Waals surface area contributed by atoms with Crippen molar-refractivity contribution in [3.8, 4) is 0 Å². The first-order valence-corrected chi connectivity index (χ1v) is 11.9. The fraction of sp³-hybridized carbons (Fsp3) is 0.318. The van der Waals surface area contributed by atoms with E-state index in [1.165, 1.54) is 24.3 Å². The van der Waals surface area contributed by atoms with Gasteiger partial charge in [-0.2, -0.15) is 13.2 Å². The number of anilines is 1. The zero-order valence-electron chi connectivity index (χ0n) is 18.2. The number of alkyl halides is 3. The number of benzene rings is 2. The van der Waals surface area contributed by atoms with Crippen LogP contribution in [0.25, 0.3) is 0 Å². The van der Waals surface area contributed by atoms with Gasteiger partial charge in [-0.3, -0.25) is 14.4 Å². The van der Waals surface area contributed by atoms with Gasteiger partial charge >= 0.3 is 12.1 Å². The molecule has 0 radical (unpaired) electrons. The predicted molar refractivity (Wildman–Crippen MR) is 117 cm³/mol. The molecule has 3 N–H and O–H groups in total. The molecule has 0 unspecified atom stereocenters. The van der Waals surface area contributed by atoms with Crippen molar-refractivity contribution in [3.63, 3.8) is 0 Å². The molecule has 0 saturated carbocycles. The van der Waals surface area contributed by atoms with E-state index < -0.39 is 52.1 Å². The predicted octanol–water partition coefficient (Wildman–Crippen LogP) is 1.61. The van der Waals surface area contributed by atoms with Gasteiger partial charge in [0.2, 0.25) is 15.9 Å². The standard InChI is InChI=1S/C22H22F3N3O6S/c23-22(24,25)16-2-1-3-17(11-16)28-12-15(10-20(28)30)21(31)34-13-19(29)27-9-8-14-4-6-18(7-5-14)35(26,32)33/h1-7,11,15H,8-10,12-13H2,(H,27,29)(H2,26,32,33)/t15-/m1/s1. The van der Waals surface area contributed by atoms with Crippen molar-refractivity contribution in [3.05, 3.63) is 59.7 Å². The van der Waals surface area contributed by atoms with Crippen molar-refractivity contribution in [2.24, 2.45) is 11.1 Å². The molecule has 13 heteroatoms. The second-order valence-corrected chi connectivity index (χ2v) is 9.41. The Hall–Kier alpha value is -3.45. The number of hydrogen-bond acceptors (Lipinski definition) is 6. The van der Waals surface area contributed by atoms with Gasteiger partial charge in [0.25, 0.3) is 5.91 Å². The first kappa shape index (κ1) is 26.2. The number of carbonyl (C=O) groups excluding carboxylic acids is 3. The smallest absolute Gasteiger partial charge is 0.416 e. The number of rotatable bonds is 8. The van der Waals surface area contributed by atoms with Crippen LogP contribution in [0.3, 0.4) is 0 Å². The Bertz CT molecular complexity index is 1220. The molecular formula is C22H22F3N3O6S. The number of hydrogen-bond donors (Lipinski definition) is 2. The quantitative estimate of drug-likeness (QED) is 0.515. The first-order valence-electron chi connectivity index (χ1n) is 10.4. The molecule has 2 amide bonds. The van der Waals surface area contributed by atoms with E-state index in [1.807, 2.05) is 0 Å². The fourth-order valence-corrected chi connectivity index (χ4v) is 3.98. The third-order valence-electron chi connectivity index (χ3n) is 5.28. The summed E-state index contributed by atoms with van der Waals surface area (Å²) in [4.78, 5) is 37.5. The molecule has 3 rings (SSSR count). The van der Waals surface area contributed by atoms with E-state index in [4.69, 9.17) is 9.88 Å². The lowest BCUT2D eigenvalue weighted by Crippen LogP contribution is -2.32. The third kappa shape index (κ3) is 7.02. The Morgan fingerprint density at radius 1 is 1.14 bits per heavy atom. The van der Waals surface area contributed by atoms with Crippen LogP contribution < -0.4 is 15.4 Å². The molecular weight excluding hydrogens is 491 g/mol. The van der Waals surface area contributed by atoms with Crippen molar-refractivity contribution in [2.45, 2.75) is 23.9 Å². The number of nitrogens with two attached hydrogens (primary N) is 1. The highest BCUT2D eigenvalue weighted by Gasteiger charge is 2.37. The highest BCUT2D eigenvalue weighted by Crippen LogP contribution is 2.33. The number of amides is 2. The number of sulfonamides is 1. The van der Waals surface area contributed by atoms with Gasteiger partial charge in [0.15, 0.2) is 6.61 Å². The van der Waals surface area contributed by atoms with E-state index in [0.717, 1.165) is 22.6 Å². The maximum Gasteiger partial charge on any atom is 0.416 e. The van der Waals surface area contributed by atoms with Gasteiger partial charge in [0.1, 0.15) is 0 Å². The normalized spacial score (nSPS) is 16.3. The summed E-state index contributed by atoms with van der Waals surface area (Å²) in [6.07, 6.45) is -4.43. The van der Waals surface area contributed by atoms with E-state index >= 15 is 0 Å². The number of primary sulfonamides is 1. The molecule has 1 saturated heterocycles. The summed E-state index contributed by atoms with van der Waals surface area (Å²) < 4.78 is 66.3. The van der Waals surface area contributed by atoms with Crippen LogP contribution in [0.4, 0.5) is 18.9 Å². The number of halogens is 3. The zero-order chi connectivity index (χ0) is 25.8. The van der Waals surface area contributed by atoms with E-state index in [9.17, 15) is 36.0 Å². The van der Waals surface area contributed by atoms with Gasteiger partial charge in [-0.1, -0.05) is 18.2 Å². The van der Waals surface area contributed by atoms with E-state index in [0.29, 0.717) is 6.42 Å². The Balaban J connectivity index is 1.45. The van der Waals surface area contributed by atoms with Gasteiger partial charge in [0, 0.05) is 25.2 Å². The molecule has 1 aliphatic heterocycles. The Morgan fingerprint density at radius 3 is 2.46 bits per heavy atom. The SMILES string of the molecule is NS(=O)(=O)c1ccc(CCNC(=O)COC(=O)[C@@H]2CC(=O)N(c3cccc(C(F)(F)F)c3)C2)cc1.